The predicted molar refractivity (Wildman–Crippen MR) is 70.5 cm³/mol. The van der Waals surface area contributed by atoms with E-state index in [9.17, 15) is 4.39 Å². The average molecular weight is 273 g/mol. The Morgan fingerprint density at radius 2 is 2.00 bits per heavy atom. The highest BCUT2D eigenvalue weighted by molar-refractivity contribution is 7.80. The van der Waals surface area contributed by atoms with Gasteiger partial charge in [-0.3, -0.25) is 0 Å². The van der Waals surface area contributed by atoms with Crippen LogP contribution in [-0.2, 0) is 9.47 Å². The van der Waals surface area contributed by atoms with E-state index in [0.29, 0.717) is 37.7 Å². The molecular formula is C12H16FNO3S. The smallest absolute Gasteiger partial charge is 0.129 e. The van der Waals surface area contributed by atoms with Crippen LogP contribution in [0.15, 0.2) is 18.2 Å². The summed E-state index contributed by atoms with van der Waals surface area (Å²) < 4.78 is 28.5. The van der Waals surface area contributed by atoms with Gasteiger partial charge in [-0.15, -0.1) is 0 Å². The monoisotopic (exact) mass is 273 g/mol. The van der Waals surface area contributed by atoms with Crippen molar-refractivity contribution in [1.29, 1.82) is 0 Å². The lowest BCUT2D eigenvalue weighted by atomic mass is 10.2. The minimum Gasteiger partial charge on any atom is -0.490 e. The van der Waals surface area contributed by atoms with Crippen LogP contribution in [0.3, 0.4) is 0 Å². The number of nitrogens with two attached hydrogens (primary N) is 1. The van der Waals surface area contributed by atoms with Gasteiger partial charge in [0.15, 0.2) is 0 Å². The molecule has 0 aliphatic rings. The third-order valence-electron chi connectivity index (χ3n) is 2.12. The fourth-order valence-electron chi connectivity index (χ4n) is 1.28. The third kappa shape index (κ3) is 4.95. The van der Waals surface area contributed by atoms with Crippen molar-refractivity contribution in [3.63, 3.8) is 0 Å². The largest absolute Gasteiger partial charge is 0.490 e. The van der Waals surface area contributed by atoms with Crippen LogP contribution in [0, 0.1) is 5.82 Å². The van der Waals surface area contributed by atoms with Crippen molar-refractivity contribution in [2.75, 3.05) is 33.5 Å². The second-order valence-corrected chi connectivity index (χ2v) is 3.90. The maximum Gasteiger partial charge on any atom is 0.129 e. The normalized spacial score (nSPS) is 10.3. The first-order valence-corrected chi connectivity index (χ1v) is 5.85. The van der Waals surface area contributed by atoms with Gasteiger partial charge in [0.1, 0.15) is 23.2 Å². The molecular weight excluding hydrogens is 257 g/mol. The fourth-order valence-corrected chi connectivity index (χ4v) is 1.44. The number of hydrogen-bond acceptors (Lipinski definition) is 4. The molecule has 0 spiro atoms. The summed E-state index contributed by atoms with van der Waals surface area (Å²) in [6.45, 7) is 1.79. The van der Waals surface area contributed by atoms with Crippen LogP contribution in [0.25, 0.3) is 0 Å². The maximum atomic E-state index is 13.0. The third-order valence-corrected chi connectivity index (χ3v) is 2.34. The molecule has 0 amide bonds. The van der Waals surface area contributed by atoms with E-state index in [2.05, 4.69) is 0 Å². The Hall–Kier alpha value is -1.24. The lowest BCUT2D eigenvalue weighted by Gasteiger charge is -2.11. The molecule has 4 nitrogen and oxygen atoms in total. The van der Waals surface area contributed by atoms with Crippen LogP contribution in [0.2, 0.25) is 0 Å². The van der Waals surface area contributed by atoms with E-state index < -0.39 is 5.82 Å². The number of ether oxygens (including phenoxy) is 3. The summed E-state index contributed by atoms with van der Waals surface area (Å²) >= 11 is 4.83. The van der Waals surface area contributed by atoms with Gasteiger partial charge in [0, 0.05) is 7.11 Å². The molecule has 0 fully saturated rings. The molecule has 0 bridgehead atoms. The average Bonchev–Trinajstić information content (AvgIpc) is 2.35. The zero-order valence-corrected chi connectivity index (χ0v) is 11.0. The Kier molecular flexibility index (Phi) is 6.56. The molecule has 18 heavy (non-hydrogen) atoms. The zero-order valence-electron chi connectivity index (χ0n) is 10.1. The van der Waals surface area contributed by atoms with E-state index in [4.69, 9.17) is 32.2 Å². The summed E-state index contributed by atoms with van der Waals surface area (Å²) in [6, 6.07) is 4.05. The lowest BCUT2D eigenvalue weighted by molar-refractivity contribution is 0.0544. The second kappa shape index (κ2) is 7.97. The van der Waals surface area contributed by atoms with E-state index >= 15 is 0 Å². The first kappa shape index (κ1) is 14.8. The number of benzene rings is 1. The second-order valence-electron chi connectivity index (χ2n) is 3.46. The molecule has 0 saturated heterocycles. The number of rotatable bonds is 8. The summed E-state index contributed by atoms with van der Waals surface area (Å²) in [4.78, 5) is 0.102. The summed E-state index contributed by atoms with van der Waals surface area (Å²) in [5, 5.41) is 0. The van der Waals surface area contributed by atoms with Crippen molar-refractivity contribution in [3.8, 4) is 5.75 Å². The first-order chi connectivity index (χ1) is 8.65. The van der Waals surface area contributed by atoms with Crippen molar-refractivity contribution >= 4 is 17.2 Å². The standard InChI is InChI=1S/C12H16FNO3S/c1-15-4-5-16-6-7-17-11-3-2-9(13)8-10(11)12(14)18/h2-3,8H,4-7H2,1H3,(H2,14,18). The molecule has 0 aliphatic carbocycles. The summed E-state index contributed by atoms with van der Waals surface area (Å²) in [5.74, 6) is 0.0562. The highest BCUT2D eigenvalue weighted by Crippen LogP contribution is 2.19. The van der Waals surface area contributed by atoms with Gasteiger partial charge < -0.3 is 19.9 Å². The first-order valence-electron chi connectivity index (χ1n) is 5.44. The topological polar surface area (TPSA) is 53.7 Å². The number of hydrogen-bond donors (Lipinski definition) is 1. The van der Waals surface area contributed by atoms with Gasteiger partial charge in [0.2, 0.25) is 0 Å². The van der Waals surface area contributed by atoms with Gasteiger partial charge in [-0.1, -0.05) is 12.2 Å². The lowest BCUT2D eigenvalue weighted by Crippen LogP contribution is -2.15. The molecule has 0 unspecified atom stereocenters. The molecule has 0 aromatic heterocycles. The van der Waals surface area contributed by atoms with Gasteiger partial charge >= 0.3 is 0 Å². The van der Waals surface area contributed by atoms with Gasteiger partial charge in [-0.05, 0) is 18.2 Å². The van der Waals surface area contributed by atoms with Gasteiger partial charge in [0.05, 0.1) is 25.4 Å². The molecule has 0 atom stereocenters. The molecule has 1 rings (SSSR count). The molecule has 1 aromatic carbocycles. The van der Waals surface area contributed by atoms with E-state index in [1.165, 1.54) is 18.2 Å². The van der Waals surface area contributed by atoms with E-state index in [1.807, 2.05) is 0 Å². The number of methoxy groups -OCH3 is 1. The molecule has 0 aliphatic heterocycles. The summed E-state index contributed by atoms with van der Waals surface area (Å²) in [5.41, 5.74) is 5.88. The number of thiocarbonyl (C=S) groups is 1. The molecule has 1 aromatic rings. The van der Waals surface area contributed by atoms with Gasteiger partial charge in [-0.25, -0.2) is 4.39 Å². The van der Waals surface area contributed by atoms with Crippen LogP contribution in [0.5, 0.6) is 5.75 Å². The van der Waals surface area contributed by atoms with E-state index in [0.717, 1.165) is 0 Å². The highest BCUT2D eigenvalue weighted by Gasteiger charge is 2.07. The highest BCUT2D eigenvalue weighted by atomic mass is 32.1. The molecule has 0 heterocycles. The molecule has 100 valence electrons. The minimum absolute atomic E-state index is 0.102. The quantitative estimate of drug-likeness (QED) is 0.574. The van der Waals surface area contributed by atoms with Crippen LogP contribution in [0.1, 0.15) is 5.56 Å². The zero-order chi connectivity index (χ0) is 13.4. The molecule has 2 N–H and O–H groups in total. The SMILES string of the molecule is COCCOCCOc1ccc(F)cc1C(N)=S. The van der Waals surface area contributed by atoms with Crippen molar-refractivity contribution < 1.29 is 18.6 Å². The van der Waals surface area contributed by atoms with Crippen molar-refractivity contribution in [2.24, 2.45) is 5.73 Å². The molecule has 0 saturated carbocycles. The Balaban J connectivity index is 2.44. The van der Waals surface area contributed by atoms with Crippen LogP contribution >= 0.6 is 12.2 Å². The Labute approximate surface area is 111 Å². The minimum atomic E-state index is -0.401. The van der Waals surface area contributed by atoms with E-state index in [-0.39, 0.29) is 4.99 Å². The van der Waals surface area contributed by atoms with Gasteiger partial charge in [-0.2, -0.15) is 0 Å². The van der Waals surface area contributed by atoms with Crippen LogP contribution < -0.4 is 10.5 Å². The van der Waals surface area contributed by atoms with Crippen molar-refractivity contribution in [2.45, 2.75) is 0 Å². The van der Waals surface area contributed by atoms with Crippen LogP contribution in [0.4, 0.5) is 4.39 Å². The van der Waals surface area contributed by atoms with Crippen molar-refractivity contribution in [3.05, 3.63) is 29.6 Å². The summed E-state index contributed by atoms with van der Waals surface area (Å²) in [7, 11) is 1.60. The fraction of sp³-hybridized carbons (Fsp3) is 0.417. The maximum absolute atomic E-state index is 13.0. The molecule has 6 heteroatoms. The van der Waals surface area contributed by atoms with Crippen molar-refractivity contribution in [1.82, 2.24) is 0 Å². The Morgan fingerprint density at radius 1 is 1.28 bits per heavy atom. The van der Waals surface area contributed by atoms with Crippen LogP contribution in [-0.4, -0.2) is 38.5 Å². The van der Waals surface area contributed by atoms with E-state index in [1.54, 1.807) is 7.11 Å². The Bertz CT molecular complexity index is 401. The number of halogens is 1. The van der Waals surface area contributed by atoms with Gasteiger partial charge in [0.25, 0.3) is 0 Å². The summed E-state index contributed by atoms with van der Waals surface area (Å²) in [6.07, 6.45) is 0. The molecule has 0 radical (unpaired) electrons. The Morgan fingerprint density at radius 3 is 2.67 bits per heavy atom. The predicted octanol–water partition coefficient (Wildman–Crippen LogP) is 1.50.